The second-order valence-electron chi connectivity index (χ2n) is 8.96. The molecule has 0 bridgehead atoms. The number of hydrogen-bond acceptors (Lipinski definition) is 6. The van der Waals surface area contributed by atoms with Gasteiger partial charge in [-0.3, -0.25) is 0 Å². The number of nitrogens with one attached hydrogen (secondary N) is 2. The van der Waals surface area contributed by atoms with Gasteiger partial charge in [-0.25, -0.2) is 4.68 Å². The van der Waals surface area contributed by atoms with Crippen molar-refractivity contribution in [3.05, 3.63) is 41.7 Å². The Balaban J connectivity index is 1.17. The first kappa shape index (κ1) is 21.3. The van der Waals surface area contributed by atoms with Crippen LogP contribution in [-0.2, 0) is 15.9 Å². The fourth-order valence-electron chi connectivity index (χ4n) is 5.09. The summed E-state index contributed by atoms with van der Waals surface area (Å²) >= 11 is 5.47. The molecule has 2 aliphatic heterocycles. The van der Waals surface area contributed by atoms with Crippen LogP contribution >= 0.6 is 12.2 Å². The first-order chi connectivity index (χ1) is 15.7. The summed E-state index contributed by atoms with van der Waals surface area (Å²) in [5.41, 5.74) is 2.42. The average Bonchev–Trinajstić information content (AvgIpc) is 3.52. The van der Waals surface area contributed by atoms with E-state index in [1.54, 1.807) is 12.1 Å². The minimum Gasteiger partial charge on any atom is -0.371 e. The highest BCUT2D eigenvalue weighted by Crippen LogP contribution is 2.34. The molecule has 2 aromatic rings. The Morgan fingerprint density at radius 3 is 2.88 bits per heavy atom. The standard InChI is InChI=1S/C23H28N6O2S/c24-11-16-7-4-8-17(10-16)25-23(32)26-19-13-30-22-20(14-31-21(19)22)29-12-18(27-28-29)9-15-5-2-1-3-6-15/h4,7-8,10,12,15,19-22H,1-3,5-6,9,13-14H2,(H2,25,26,32)/t19-,20+,21-,22+/m1/s1. The van der Waals surface area contributed by atoms with Gasteiger partial charge in [0.25, 0.3) is 0 Å². The van der Waals surface area contributed by atoms with Crippen molar-refractivity contribution in [1.29, 1.82) is 5.26 Å². The lowest BCUT2D eigenvalue weighted by Crippen LogP contribution is -2.45. The second kappa shape index (κ2) is 9.53. The van der Waals surface area contributed by atoms with Crippen molar-refractivity contribution in [2.75, 3.05) is 18.5 Å². The van der Waals surface area contributed by atoms with E-state index in [-0.39, 0.29) is 24.3 Å². The molecule has 1 saturated carbocycles. The van der Waals surface area contributed by atoms with E-state index < -0.39 is 0 Å². The molecule has 1 aliphatic carbocycles. The lowest BCUT2D eigenvalue weighted by atomic mass is 9.86. The van der Waals surface area contributed by atoms with Gasteiger partial charge in [0.05, 0.1) is 36.6 Å². The third-order valence-corrected chi connectivity index (χ3v) is 6.93. The van der Waals surface area contributed by atoms with Gasteiger partial charge in [0.2, 0.25) is 0 Å². The van der Waals surface area contributed by atoms with Crippen molar-refractivity contribution in [3.8, 4) is 6.07 Å². The number of aromatic nitrogens is 3. The quantitative estimate of drug-likeness (QED) is 0.669. The number of nitrogens with zero attached hydrogens (tertiary/aromatic N) is 4. The SMILES string of the molecule is N#Cc1cccc(NC(=S)N[C@@H]2CO[C@@H]3[C@@H]2OC[C@@H]3n2cc(CC3CCCCC3)nn2)c1. The van der Waals surface area contributed by atoms with Crippen LogP contribution in [0.4, 0.5) is 5.69 Å². The van der Waals surface area contributed by atoms with E-state index in [0.29, 0.717) is 23.9 Å². The Morgan fingerprint density at radius 2 is 2.03 bits per heavy atom. The van der Waals surface area contributed by atoms with Gasteiger partial charge in [-0.05, 0) is 42.8 Å². The van der Waals surface area contributed by atoms with Crippen LogP contribution in [-0.4, -0.2) is 51.6 Å². The predicted octanol–water partition coefficient (Wildman–Crippen LogP) is 2.97. The molecule has 0 radical (unpaired) electrons. The number of nitriles is 1. The van der Waals surface area contributed by atoms with Crippen LogP contribution in [0.1, 0.15) is 49.4 Å². The molecule has 0 amide bonds. The Bertz CT molecular complexity index is 998. The summed E-state index contributed by atoms with van der Waals surface area (Å²) in [7, 11) is 0. The number of hydrogen-bond donors (Lipinski definition) is 2. The fourth-order valence-corrected chi connectivity index (χ4v) is 5.36. The molecule has 3 fully saturated rings. The highest BCUT2D eigenvalue weighted by atomic mass is 32.1. The summed E-state index contributed by atoms with van der Waals surface area (Å²) in [6.45, 7) is 1.06. The van der Waals surface area contributed by atoms with Crippen LogP contribution in [0.25, 0.3) is 0 Å². The van der Waals surface area contributed by atoms with Crippen LogP contribution in [0.5, 0.6) is 0 Å². The zero-order valence-electron chi connectivity index (χ0n) is 17.9. The second-order valence-corrected chi connectivity index (χ2v) is 9.37. The Labute approximate surface area is 193 Å². The van der Waals surface area contributed by atoms with Crippen LogP contribution in [0.3, 0.4) is 0 Å². The van der Waals surface area contributed by atoms with Gasteiger partial charge in [0, 0.05) is 11.9 Å². The molecular formula is C23H28N6O2S. The van der Waals surface area contributed by atoms with Crippen LogP contribution < -0.4 is 10.6 Å². The minimum atomic E-state index is -0.101. The maximum absolute atomic E-state index is 9.06. The number of anilines is 1. The molecule has 1 aromatic carbocycles. The third-order valence-electron chi connectivity index (χ3n) is 6.71. The van der Waals surface area contributed by atoms with Gasteiger partial charge < -0.3 is 20.1 Å². The predicted molar refractivity (Wildman–Crippen MR) is 123 cm³/mol. The van der Waals surface area contributed by atoms with Crippen molar-refractivity contribution in [2.24, 2.45) is 5.92 Å². The van der Waals surface area contributed by atoms with Crippen molar-refractivity contribution in [2.45, 2.75) is 62.8 Å². The molecule has 3 heterocycles. The smallest absolute Gasteiger partial charge is 0.171 e. The van der Waals surface area contributed by atoms with Crippen molar-refractivity contribution in [3.63, 3.8) is 0 Å². The largest absolute Gasteiger partial charge is 0.371 e. The number of benzene rings is 1. The molecule has 2 N–H and O–H groups in total. The molecule has 9 heteroatoms. The molecule has 3 aliphatic rings. The summed E-state index contributed by atoms with van der Waals surface area (Å²) in [6, 6.07) is 9.33. The van der Waals surface area contributed by atoms with E-state index in [1.807, 2.05) is 16.8 Å². The van der Waals surface area contributed by atoms with E-state index >= 15 is 0 Å². The van der Waals surface area contributed by atoms with E-state index in [9.17, 15) is 0 Å². The fraction of sp³-hybridized carbons (Fsp3) is 0.565. The Morgan fingerprint density at radius 1 is 1.19 bits per heavy atom. The van der Waals surface area contributed by atoms with Crippen molar-refractivity contribution < 1.29 is 9.47 Å². The molecular weight excluding hydrogens is 424 g/mol. The van der Waals surface area contributed by atoms with Gasteiger partial charge in [-0.2, -0.15) is 5.26 Å². The van der Waals surface area contributed by atoms with E-state index in [0.717, 1.165) is 23.7 Å². The highest BCUT2D eigenvalue weighted by molar-refractivity contribution is 7.80. The zero-order valence-corrected chi connectivity index (χ0v) is 18.8. The number of ether oxygens (including phenoxy) is 2. The Hall–Kier alpha value is -2.54. The summed E-state index contributed by atoms with van der Waals surface area (Å²) in [5.74, 6) is 0.736. The lowest BCUT2D eigenvalue weighted by molar-refractivity contribution is 0.0624. The number of rotatable bonds is 5. The molecule has 8 nitrogen and oxygen atoms in total. The van der Waals surface area contributed by atoms with Gasteiger partial charge in [0.1, 0.15) is 18.2 Å². The Kier molecular flexibility index (Phi) is 6.35. The van der Waals surface area contributed by atoms with Crippen LogP contribution in [0.15, 0.2) is 30.5 Å². The van der Waals surface area contributed by atoms with E-state index in [4.69, 9.17) is 27.0 Å². The zero-order chi connectivity index (χ0) is 21.9. The summed E-state index contributed by atoms with van der Waals surface area (Å²) in [6.07, 6.45) is 9.54. The molecule has 4 atom stereocenters. The van der Waals surface area contributed by atoms with E-state index in [2.05, 4.69) is 33.2 Å². The van der Waals surface area contributed by atoms with Gasteiger partial charge in [-0.15, -0.1) is 5.10 Å². The van der Waals surface area contributed by atoms with Crippen LogP contribution in [0, 0.1) is 17.2 Å². The van der Waals surface area contributed by atoms with Crippen LogP contribution in [0.2, 0.25) is 0 Å². The molecule has 0 spiro atoms. The first-order valence-corrected chi connectivity index (χ1v) is 11.8. The maximum Gasteiger partial charge on any atom is 0.171 e. The van der Waals surface area contributed by atoms with Crippen molar-refractivity contribution >= 4 is 23.0 Å². The summed E-state index contributed by atoms with van der Waals surface area (Å²) < 4.78 is 14.1. The van der Waals surface area contributed by atoms with Crippen molar-refractivity contribution in [1.82, 2.24) is 20.3 Å². The molecule has 1 aromatic heterocycles. The van der Waals surface area contributed by atoms with E-state index in [1.165, 1.54) is 32.1 Å². The summed E-state index contributed by atoms with van der Waals surface area (Å²) in [4.78, 5) is 0. The first-order valence-electron chi connectivity index (χ1n) is 11.4. The van der Waals surface area contributed by atoms with Gasteiger partial charge in [0.15, 0.2) is 5.11 Å². The summed E-state index contributed by atoms with van der Waals surface area (Å²) in [5, 5.41) is 24.8. The number of thiocarbonyl (C=S) groups is 1. The minimum absolute atomic E-state index is 0.0215. The number of fused-ring (bicyclic) bond motifs is 1. The average molecular weight is 453 g/mol. The maximum atomic E-state index is 9.06. The lowest BCUT2D eigenvalue weighted by Gasteiger charge is -2.20. The third kappa shape index (κ3) is 4.63. The normalized spacial score (nSPS) is 27.6. The molecule has 168 valence electrons. The van der Waals surface area contributed by atoms with Gasteiger partial charge in [-0.1, -0.05) is 43.4 Å². The molecule has 32 heavy (non-hydrogen) atoms. The molecule has 2 saturated heterocycles. The molecule has 5 rings (SSSR count). The van der Waals surface area contributed by atoms with Gasteiger partial charge >= 0.3 is 0 Å². The topological polar surface area (TPSA) is 97.0 Å². The monoisotopic (exact) mass is 452 g/mol. The highest BCUT2D eigenvalue weighted by Gasteiger charge is 2.49. The molecule has 0 unspecified atom stereocenters.